The van der Waals surface area contributed by atoms with Crippen molar-refractivity contribution in [1.82, 2.24) is 0 Å². The van der Waals surface area contributed by atoms with Crippen LogP contribution in [0, 0.1) is 28.6 Å². The summed E-state index contributed by atoms with van der Waals surface area (Å²) < 4.78 is 12.3. The maximum absolute atomic E-state index is 13.7. The van der Waals surface area contributed by atoms with Crippen molar-refractivity contribution < 1.29 is 23.2 Å². The summed E-state index contributed by atoms with van der Waals surface area (Å²) in [4.78, 5) is 38.9. The molecule has 3 saturated carbocycles. The van der Waals surface area contributed by atoms with Gasteiger partial charge < -0.3 is 8.85 Å². The molecule has 5 nitrogen and oxygen atoms in total. The van der Waals surface area contributed by atoms with Crippen LogP contribution in [0.3, 0.4) is 0 Å². The van der Waals surface area contributed by atoms with E-state index in [2.05, 4.69) is 13.8 Å². The number of hydrogen-bond acceptors (Lipinski definition) is 5. The van der Waals surface area contributed by atoms with E-state index in [0.717, 1.165) is 25.7 Å². The Bertz CT molecular complexity index is 846. The molecule has 1 aliphatic heterocycles. The normalized spacial score (nSPS) is 48.8. The van der Waals surface area contributed by atoms with E-state index in [9.17, 15) is 14.4 Å². The monoisotopic (exact) mass is 416 g/mol. The predicted octanol–water partition coefficient (Wildman–Crippen LogP) is 3.75. The minimum absolute atomic E-state index is 0.0241. The Morgan fingerprint density at radius 2 is 1.83 bits per heavy atom. The van der Waals surface area contributed by atoms with Gasteiger partial charge in [-0.2, -0.15) is 0 Å². The van der Waals surface area contributed by atoms with Crippen molar-refractivity contribution in [2.24, 2.45) is 28.6 Å². The lowest BCUT2D eigenvalue weighted by Gasteiger charge is -2.59. The first-order chi connectivity index (χ1) is 13.5. The summed E-state index contributed by atoms with van der Waals surface area (Å²) in [6.07, 6.45) is 7.04. The molecule has 6 atom stereocenters. The largest absolute Gasteiger partial charge is 0.387 e. The molecule has 1 saturated heterocycles. The maximum Gasteiger partial charge on any atom is 0.332 e. The van der Waals surface area contributed by atoms with Crippen LogP contribution in [0.1, 0.15) is 58.8 Å². The van der Waals surface area contributed by atoms with Crippen molar-refractivity contribution in [1.29, 1.82) is 0 Å². The Kier molecular flexibility index (Phi) is 4.09. The first-order valence-electron chi connectivity index (χ1n) is 11.2. The lowest BCUT2D eigenvalue weighted by molar-refractivity contribution is -0.175. The fraction of sp³-hybridized carbons (Fsp3) is 0.783. The Balaban J connectivity index is 1.56. The molecular formula is C23H32O5Si. The molecule has 0 bridgehead atoms. The van der Waals surface area contributed by atoms with Gasteiger partial charge in [0.25, 0.3) is 0 Å². The van der Waals surface area contributed by atoms with E-state index in [-0.39, 0.29) is 41.2 Å². The molecule has 29 heavy (non-hydrogen) atoms. The first-order valence-corrected chi connectivity index (χ1v) is 14.0. The van der Waals surface area contributed by atoms with E-state index < -0.39 is 19.6 Å². The van der Waals surface area contributed by atoms with Crippen molar-refractivity contribution >= 4 is 25.9 Å². The minimum atomic E-state index is -2.39. The zero-order valence-electron chi connectivity index (χ0n) is 18.0. The molecule has 0 amide bonds. The zero-order valence-corrected chi connectivity index (χ0v) is 19.0. The first kappa shape index (κ1) is 19.8. The van der Waals surface area contributed by atoms with Gasteiger partial charge in [-0.15, -0.1) is 0 Å². The Morgan fingerprint density at radius 3 is 2.59 bits per heavy atom. The highest BCUT2D eigenvalue weighted by molar-refractivity contribution is 6.65. The quantitative estimate of drug-likeness (QED) is 0.563. The summed E-state index contributed by atoms with van der Waals surface area (Å²) in [7, 11) is -2.39. The van der Waals surface area contributed by atoms with Crippen LogP contribution in [0.25, 0.3) is 0 Å². The van der Waals surface area contributed by atoms with Crippen LogP contribution in [0.15, 0.2) is 11.6 Å². The van der Waals surface area contributed by atoms with E-state index in [1.54, 1.807) is 0 Å². The van der Waals surface area contributed by atoms with Gasteiger partial charge in [-0.3, -0.25) is 14.4 Å². The van der Waals surface area contributed by atoms with Gasteiger partial charge >= 0.3 is 8.56 Å². The summed E-state index contributed by atoms with van der Waals surface area (Å²) in [6.45, 7) is 8.48. The van der Waals surface area contributed by atoms with Gasteiger partial charge in [0.05, 0.1) is 6.61 Å². The van der Waals surface area contributed by atoms with Crippen LogP contribution in [0.2, 0.25) is 13.1 Å². The molecule has 6 heteroatoms. The molecule has 4 fully saturated rings. The van der Waals surface area contributed by atoms with Crippen molar-refractivity contribution in [2.75, 3.05) is 6.61 Å². The van der Waals surface area contributed by atoms with Crippen LogP contribution in [-0.4, -0.2) is 38.1 Å². The fourth-order valence-corrected chi connectivity index (χ4v) is 9.68. The minimum Gasteiger partial charge on any atom is -0.387 e. The molecule has 5 aliphatic rings. The highest BCUT2D eigenvalue weighted by Crippen LogP contribution is 2.68. The van der Waals surface area contributed by atoms with Gasteiger partial charge in [0, 0.05) is 24.2 Å². The van der Waals surface area contributed by atoms with E-state index in [4.69, 9.17) is 8.85 Å². The number of hydrogen-bond donors (Lipinski definition) is 0. The molecule has 1 spiro atoms. The Labute approximate surface area is 173 Å². The zero-order chi connectivity index (χ0) is 20.8. The maximum atomic E-state index is 13.7. The van der Waals surface area contributed by atoms with Crippen LogP contribution in [0.5, 0.6) is 0 Å². The summed E-state index contributed by atoms with van der Waals surface area (Å²) in [6, 6.07) is 0. The number of ketones is 3. The third-order valence-electron chi connectivity index (χ3n) is 9.20. The van der Waals surface area contributed by atoms with Crippen LogP contribution in [0.4, 0.5) is 0 Å². The van der Waals surface area contributed by atoms with Crippen LogP contribution in [-0.2, 0) is 23.2 Å². The van der Waals surface area contributed by atoms with Gasteiger partial charge in [0.2, 0.25) is 0 Å². The number of fused-ring (bicyclic) bond motifs is 6. The van der Waals surface area contributed by atoms with E-state index >= 15 is 0 Å². The molecular weight excluding hydrogens is 384 g/mol. The summed E-state index contributed by atoms with van der Waals surface area (Å²) >= 11 is 0. The number of allylic oxidation sites excluding steroid dienone is 1. The summed E-state index contributed by atoms with van der Waals surface area (Å²) in [5.41, 5.74) is -0.310. The predicted molar refractivity (Wildman–Crippen MR) is 109 cm³/mol. The molecule has 0 N–H and O–H groups in total. The number of rotatable bonds is 0. The second-order valence-electron chi connectivity index (χ2n) is 11.0. The molecule has 0 aromatic carbocycles. The van der Waals surface area contributed by atoms with Crippen molar-refractivity contribution in [3.05, 3.63) is 11.6 Å². The third-order valence-corrected chi connectivity index (χ3v) is 10.9. The molecule has 5 rings (SSSR count). The lowest BCUT2D eigenvalue weighted by atomic mass is 9.46. The SMILES string of the molecule is C[C@]12CCC(=O)C=C1CC[C@@H]1[C@@H]2C(=O)C[C@@]2(C)[C@H]1CC[C@@]21O[Si](C)(C)OCC1=O. The molecule has 158 valence electrons. The van der Waals surface area contributed by atoms with E-state index in [1.807, 2.05) is 19.2 Å². The molecule has 0 radical (unpaired) electrons. The average Bonchev–Trinajstić information content (AvgIpc) is 2.91. The van der Waals surface area contributed by atoms with Crippen LogP contribution < -0.4 is 0 Å². The third kappa shape index (κ3) is 2.48. The van der Waals surface area contributed by atoms with Crippen molar-refractivity contribution in [3.8, 4) is 0 Å². The number of carbonyl (C=O) groups excluding carboxylic acids is 3. The van der Waals surface area contributed by atoms with E-state index in [0.29, 0.717) is 25.2 Å². The van der Waals surface area contributed by atoms with Crippen LogP contribution >= 0.6 is 0 Å². The Hall–Kier alpha value is -1.11. The lowest BCUT2D eigenvalue weighted by Crippen LogP contribution is -2.67. The number of Topliss-reactive ketones (excluding diaryl/α,β-unsaturated/α-hetero) is 2. The summed E-state index contributed by atoms with van der Waals surface area (Å²) in [5.74, 6) is 1.08. The molecule has 0 aromatic rings. The standard InChI is InChI=1S/C23H32O5Si/c1-21-9-7-15(24)11-14(21)5-6-16-17-8-10-23(19(26)13-27-29(3,4)28-23)22(17,2)12-18(25)20(16)21/h11,16-17,20H,5-10,12-13H2,1-4H3/t16-,17-,20+,21-,22-,23-/m0/s1. The average molecular weight is 417 g/mol. The van der Waals surface area contributed by atoms with Gasteiger partial charge in [-0.25, -0.2) is 0 Å². The van der Waals surface area contributed by atoms with Gasteiger partial charge in [-0.1, -0.05) is 19.4 Å². The highest BCUT2D eigenvalue weighted by atomic mass is 28.4. The van der Waals surface area contributed by atoms with Crippen molar-refractivity contribution in [2.45, 2.75) is 77.5 Å². The molecule has 1 heterocycles. The summed E-state index contributed by atoms with van der Waals surface area (Å²) in [5, 5.41) is 0. The van der Waals surface area contributed by atoms with Gasteiger partial charge in [-0.05, 0) is 68.5 Å². The highest BCUT2D eigenvalue weighted by Gasteiger charge is 2.71. The topological polar surface area (TPSA) is 69.7 Å². The molecule has 0 unspecified atom stereocenters. The fourth-order valence-electron chi connectivity index (χ4n) is 7.86. The smallest absolute Gasteiger partial charge is 0.332 e. The second kappa shape index (κ2) is 5.98. The number of carbonyl (C=O) groups is 3. The molecule has 0 aromatic heterocycles. The second-order valence-corrected chi connectivity index (χ2v) is 14.3. The Morgan fingerprint density at radius 1 is 1.07 bits per heavy atom. The van der Waals surface area contributed by atoms with E-state index in [1.165, 1.54) is 5.57 Å². The van der Waals surface area contributed by atoms with Crippen molar-refractivity contribution in [3.63, 3.8) is 0 Å². The van der Waals surface area contributed by atoms with Gasteiger partial charge in [0.1, 0.15) is 11.4 Å². The molecule has 4 aliphatic carbocycles. The van der Waals surface area contributed by atoms with Gasteiger partial charge in [0.15, 0.2) is 11.6 Å².